The van der Waals surface area contributed by atoms with Crippen LogP contribution in [0.25, 0.3) is 0 Å². The van der Waals surface area contributed by atoms with Crippen molar-refractivity contribution >= 4 is 21.8 Å². The second kappa shape index (κ2) is 8.44. The van der Waals surface area contributed by atoms with Crippen LogP contribution in [-0.4, -0.2) is 26.3 Å². The van der Waals surface area contributed by atoms with Gasteiger partial charge < -0.3 is 11.1 Å². The summed E-state index contributed by atoms with van der Waals surface area (Å²) < 4.78 is 27.0. The number of nitrogens with one attached hydrogen (secondary N) is 2. The summed E-state index contributed by atoms with van der Waals surface area (Å²) in [7, 11) is -3.95. The zero-order chi connectivity index (χ0) is 20.0. The van der Waals surface area contributed by atoms with Crippen molar-refractivity contribution in [3.8, 4) is 6.07 Å². The molecule has 8 nitrogen and oxygen atoms in total. The Bertz CT molecular complexity index is 995. The molecule has 2 aromatic rings. The molecule has 2 amide bonds. The maximum Gasteiger partial charge on any atom is 0.248 e. The largest absolute Gasteiger partial charge is 0.366 e. The van der Waals surface area contributed by atoms with Crippen molar-refractivity contribution in [1.29, 1.82) is 5.26 Å². The average Bonchev–Trinajstić information content (AvgIpc) is 2.65. The van der Waals surface area contributed by atoms with Gasteiger partial charge in [-0.05, 0) is 48.9 Å². The fourth-order valence-corrected chi connectivity index (χ4v) is 3.45. The van der Waals surface area contributed by atoms with Gasteiger partial charge in [0.15, 0.2) is 0 Å². The smallest absolute Gasteiger partial charge is 0.248 e. The summed E-state index contributed by atoms with van der Waals surface area (Å²) in [6.07, 6.45) is 0. The summed E-state index contributed by atoms with van der Waals surface area (Å²) in [6, 6.07) is 12.8. The van der Waals surface area contributed by atoms with Gasteiger partial charge in [0.2, 0.25) is 21.8 Å². The Morgan fingerprint density at radius 3 is 2.44 bits per heavy atom. The molecular weight excluding hydrogens is 368 g/mol. The van der Waals surface area contributed by atoms with E-state index in [9.17, 15) is 18.0 Å². The van der Waals surface area contributed by atoms with E-state index in [2.05, 4.69) is 10.0 Å². The molecule has 4 N–H and O–H groups in total. The third-order valence-corrected chi connectivity index (χ3v) is 5.25. The predicted molar refractivity (Wildman–Crippen MR) is 97.7 cm³/mol. The maximum atomic E-state index is 12.3. The highest BCUT2D eigenvalue weighted by Crippen LogP contribution is 2.11. The minimum absolute atomic E-state index is 0.0890. The van der Waals surface area contributed by atoms with Crippen molar-refractivity contribution < 1.29 is 18.0 Å². The van der Waals surface area contributed by atoms with Crippen LogP contribution < -0.4 is 15.8 Å². The number of hydrogen-bond acceptors (Lipinski definition) is 5. The molecule has 1 atom stereocenters. The second-order valence-corrected chi connectivity index (χ2v) is 7.48. The van der Waals surface area contributed by atoms with Crippen molar-refractivity contribution in [2.45, 2.75) is 24.4 Å². The molecule has 1 unspecified atom stereocenters. The molecule has 0 spiro atoms. The van der Waals surface area contributed by atoms with Crippen LogP contribution in [0.2, 0.25) is 0 Å². The third-order valence-electron chi connectivity index (χ3n) is 3.70. The second-order valence-electron chi connectivity index (χ2n) is 5.76. The average molecular weight is 386 g/mol. The number of carbonyl (C=O) groups excluding carboxylic acids is 2. The van der Waals surface area contributed by atoms with Crippen molar-refractivity contribution in [3.63, 3.8) is 0 Å². The molecule has 2 rings (SSSR count). The van der Waals surface area contributed by atoms with Gasteiger partial charge in [0.05, 0.1) is 22.6 Å². The molecule has 0 fully saturated rings. The SMILES string of the molecule is CC(NS(=O)(=O)c1ccc(C(N)=O)cc1)C(=O)NCc1cccc(C#N)c1. The van der Waals surface area contributed by atoms with E-state index in [0.717, 1.165) is 5.56 Å². The van der Waals surface area contributed by atoms with Crippen LogP contribution in [0.4, 0.5) is 0 Å². The fourth-order valence-electron chi connectivity index (χ4n) is 2.25. The Morgan fingerprint density at radius 1 is 1.19 bits per heavy atom. The van der Waals surface area contributed by atoms with Crippen LogP contribution in [-0.2, 0) is 21.4 Å². The fraction of sp³-hybridized carbons (Fsp3) is 0.167. The summed E-state index contributed by atoms with van der Waals surface area (Å²) in [6.45, 7) is 1.57. The van der Waals surface area contributed by atoms with Crippen molar-refractivity contribution in [2.75, 3.05) is 0 Å². The first-order valence-electron chi connectivity index (χ1n) is 7.92. The van der Waals surface area contributed by atoms with Gasteiger partial charge in [-0.3, -0.25) is 9.59 Å². The number of carbonyl (C=O) groups is 2. The first-order chi connectivity index (χ1) is 12.7. The van der Waals surface area contributed by atoms with E-state index >= 15 is 0 Å². The van der Waals surface area contributed by atoms with E-state index in [1.54, 1.807) is 24.3 Å². The van der Waals surface area contributed by atoms with Gasteiger partial charge in [-0.25, -0.2) is 8.42 Å². The Morgan fingerprint density at radius 2 is 1.85 bits per heavy atom. The van der Waals surface area contributed by atoms with Crippen LogP contribution in [0.5, 0.6) is 0 Å². The van der Waals surface area contributed by atoms with E-state index in [1.165, 1.54) is 31.2 Å². The summed E-state index contributed by atoms with van der Waals surface area (Å²) in [4.78, 5) is 23.1. The molecular formula is C18H18N4O4S. The van der Waals surface area contributed by atoms with Gasteiger partial charge in [0, 0.05) is 12.1 Å². The molecule has 0 aromatic heterocycles. The Labute approximate surface area is 157 Å². The molecule has 2 aromatic carbocycles. The standard InChI is InChI=1S/C18H18N4O4S/c1-12(18(24)21-11-14-4-2-3-13(9-14)10-19)22-27(25,26)16-7-5-15(6-8-16)17(20)23/h2-9,12,22H,11H2,1H3,(H2,20,23)(H,21,24). The number of rotatable bonds is 7. The summed E-state index contributed by atoms with van der Waals surface area (Å²) in [5.74, 6) is -1.19. The molecule has 0 saturated carbocycles. The van der Waals surface area contributed by atoms with Gasteiger partial charge in [0.1, 0.15) is 0 Å². The molecule has 27 heavy (non-hydrogen) atoms. The van der Waals surface area contributed by atoms with Crippen LogP contribution in [0.1, 0.15) is 28.4 Å². The van der Waals surface area contributed by atoms with Gasteiger partial charge in [-0.2, -0.15) is 9.98 Å². The first kappa shape index (κ1) is 20.1. The quantitative estimate of drug-likeness (QED) is 0.640. The number of primary amides is 1. The number of benzene rings is 2. The molecule has 0 heterocycles. The molecule has 0 bridgehead atoms. The normalized spacial score (nSPS) is 12.0. The predicted octanol–water partition coefficient (Wildman–Crippen LogP) is 0.640. The lowest BCUT2D eigenvalue weighted by Crippen LogP contribution is -2.44. The van der Waals surface area contributed by atoms with Crippen molar-refractivity contribution in [3.05, 3.63) is 65.2 Å². The Hall–Kier alpha value is -3.22. The molecule has 9 heteroatoms. The minimum Gasteiger partial charge on any atom is -0.366 e. The number of amides is 2. The number of nitrogens with two attached hydrogens (primary N) is 1. The monoisotopic (exact) mass is 386 g/mol. The van der Waals surface area contributed by atoms with Crippen LogP contribution in [0.3, 0.4) is 0 Å². The third kappa shape index (κ3) is 5.37. The van der Waals surface area contributed by atoms with E-state index in [-0.39, 0.29) is 17.0 Å². The van der Waals surface area contributed by atoms with Crippen LogP contribution in [0, 0.1) is 11.3 Å². The molecule has 0 saturated heterocycles. The van der Waals surface area contributed by atoms with Crippen molar-refractivity contribution in [1.82, 2.24) is 10.0 Å². The minimum atomic E-state index is -3.95. The lowest BCUT2D eigenvalue weighted by atomic mass is 10.1. The van der Waals surface area contributed by atoms with Gasteiger partial charge in [-0.15, -0.1) is 0 Å². The zero-order valence-corrected chi connectivity index (χ0v) is 15.3. The summed E-state index contributed by atoms with van der Waals surface area (Å²) in [5.41, 5.74) is 6.49. The van der Waals surface area contributed by atoms with Gasteiger partial charge >= 0.3 is 0 Å². The molecule has 140 valence electrons. The molecule has 0 aliphatic rings. The highest BCUT2D eigenvalue weighted by atomic mass is 32.2. The van der Waals surface area contributed by atoms with E-state index in [4.69, 9.17) is 11.0 Å². The lowest BCUT2D eigenvalue weighted by molar-refractivity contribution is -0.122. The molecule has 0 radical (unpaired) electrons. The zero-order valence-electron chi connectivity index (χ0n) is 14.5. The van der Waals surface area contributed by atoms with Gasteiger partial charge in [0.25, 0.3) is 0 Å². The Balaban J connectivity index is 1.99. The number of sulfonamides is 1. The topological polar surface area (TPSA) is 142 Å². The van der Waals surface area contributed by atoms with Gasteiger partial charge in [-0.1, -0.05) is 12.1 Å². The van der Waals surface area contributed by atoms with E-state index in [0.29, 0.717) is 5.56 Å². The van der Waals surface area contributed by atoms with Crippen LogP contribution >= 0.6 is 0 Å². The number of hydrogen-bond donors (Lipinski definition) is 3. The first-order valence-corrected chi connectivity index (χ1v) is 9.40. The van der Waals surface area contributed by atoms with Crippen molar-refractivity contribution in [2.24, 2.45) is 5.73 Å². The highest BCUT2D eigenvalue weighted by molar-refractivity contribution is 7.89. The molecule has 0 aliphatic carbocycles. The number of nitriles is 1. The highest BCUT2D eigenvalue weighted by Gasteiger charge is 2.22. The lowest BCUT2D eigenvalue weighted by Gasteiger charge is -2.15. The number of nitrogens with zero attached hydrogens (tertiary/aromatic N) is 1. The Kier molecular flexibility index (Phi) is 6.28. The summed E-state index contributed by atoms with van der Waals surface area (Å²) >= 11 is 0. The van der Waals surface area contributed by atoms with E-state index in [1.807, 2.05) is 6.07 Å². The molecule has 0 aliphatic heterocycles. The van der Waals surface area contributed by atoms with Crippen LogP contribution in [0.15, 0.2) is 53.4 Å². The summed E-state index contributed by atoms with van der Waals surface area (Å²) in [5, 5.41) is 11.5. The maximum absolute atomic E-state index is 12.3. The van der Waals surface area contributed by atoms with E-state index < -0.39 is 27.9 Å².